The molecule has 1 heterocycles. The van der Waals surface area contributed by atoms with Gasteiger partial charge in [0.15, 0.2) is 0 Å². The minimum Gasteiger partial charge on any atom is -0.388 e. The maximum absolute atomic E-state index is 9.67. The zero-order valence-electron chi connectivity index (χ0n) is 9.87. The average Bonchev–Trinajstić information content (AvgIpc) is 2.68. The molecule has 0 saturated carbocycles. The Morgan fingerprint density at radius 3 is 2.76 bits per heavy atom. The van der Waals surface area contributed by atoms with Gasteiger partial charge in [0, 0.05) is 10.6 Å². The number of hydrogen-bond acceptors (Lipinski definition) is 4. The molecule has 1 aliphatic rings. The molecule has 1 aliphatic heterocycles. The van der Waals surface area contributed by atoms with Gasteiger partial charge in [0.05, 0.1) is 12.7 Å². The Morgan fingerprint density at radius 1 is 1.35 bits per heavy atom. The Balaban J connectivity index is 1.94. The molecule has 94 valence electrons. The number of aliphatic hydroxyl groups excluding tert-OH is 2. The standard InChI is InChI=1S/C13H18O3S/c1-2-9-5-3-4-6-12(9)17-8-11-13(15)10(14)7-16-11/h3-6,10-11,13-15H,2,7-8H2,1H3. The third-order valence-corrected chi connectivity index (χ3v) is 4.22. The van der Waals surface area contributed by atoms with E-state index in [9.17, 15) is 10.2 Å². The van der Waals surface area contributed by atoms with E-state index >= 15 is 0 Å². The van der Waals surface area contributed by atoms with Crippen LogP contribution in [0.3, 0.4) is 0 Å². The summed E-state index contributed by atoms with van der Waals surface area (Å²) in [4.78, 5) is 1.23. The van der Waals surface area contributed by atoms with E-state index in [1.165, 1.54) is 10.5 Å². The largest absolute Gasteiger partial charge is 0.388 e. The van der Waals surface area contributed by atoms with Gasteiger partial charge in [-0.05, 0) is 18.1 Å². The Labute approximate surface area is 106 Å². The fourth-order valence-electron chi connectivity index (χ4n) is 1.92. The molecule has 0 aliphatic carbocycles. The fraction of sp³-hybridized carbons (Fsp3) is 0.538. The van der Waals surface area contributed by atoms with Crippen molar-refractivity contribution in [2.75, 3.05) is 12.4 Å². The van der Waals surface area contributed by atoms with Crippen molar-refractivity contribution in [3.63, 3.8) is 0 Å². The van der Waals surface area contributed by atoms with Crippen molar-refractivity contribution in [3.05, 3.63) is 29.8 Å². The van der Waals surface area contributed by atoms with Gasteiger partial charge in [-0.25, -0.2) is 0 Å². The van der Waals surface area contributed by atoms with Crippen LogP contribution in [0.15, 0.2) is 29.2 Å². The number of rotatable bonds is 4. The lowest BCUT2D eigenvalue weighted by Crippen LogP contribution is -2.31. The number of benzene rings is 1. The van der Waals surface area contributed by atoms with E-state index in [0.29, 0.717) is 5.75 Å². The van der Waals surface area contributed by atoms with Gasteiger partial charge in [0.1, 0.15) is 12.2 Å². The van der Waals surface area contributed by atoms with E-state index in [-0.39, 0.29) is 12.7 Å². The molecule has 1 saturated heterocycles. The molecule has 4 heteroatoms. The first-order chi connectivity index (χ1) is 8.22. The van der Waals surface area contributed by atoms with E-state index in [2.05, 4.69) is 19.1 Å². The molecular formula is C13H18O3S. The molecular weight excluding hydrogens is 236 g/mol. The van der Waals surface area contributed by atoms with Crippen LogP contribution in [0.1, 0.15) is 12.5 Å². The molecule has 3 nitrogen and oxygen atoms in total. The van der Waals surface area contributed by atoms with Gasteiger partial charge >= 0.3 is 0 Å². The van der Waals surface area contributed by atoms with Gasteiger partial charge in [-0.3, -0.25) is 0 Å². The molecule has 3 atom stereocenters. The van der Waals surface area contributed by atoms with Crippen LogP contribution in [-0.2, 0) is 11.2 Å². The van der Waals surface area contributed by atoms with E-state index < -0.39 is 12.2 Å². The highest BCUT2D eigenvalue weighted by molar-refractivity contribution is 7.99. The van der Waals surface area contributed by atoms with Crippen molar-refractivity contribution in [1.82, 2.24) is 0 Å². The zero-order valence-corrected chi connectivity index (χ0v) is 10.7. The summed E-state index contributed by atoms with van der Waals surface area (Å²) in [6.07, 6.45) is -0.752. The highest BCUT2D eigenvalue weighted by atomic mass is 32.2. The van der Waals surface area contributed by atoms with Gasteiger partial charge in [0.2, 0.25) is 0 Å². The SMILES string of the molecule is CCc1ccccc1SCC1OCC(O)C1O. The van der Waals surface area contributed by atoms with Crippen molar-refractivity contribution in [3.8, 4) is 0 Å². The fourth-order valence-corrected chi connectivity index (χ4v) is 3.13. The number of hydrogen-bond donors (Lipinski definition) is 2. The lowest BCUT2D eigenvalue weighted by atomic mass is 10.2. The predicted octanol–water partition coefficient (Wildman–Crippen LogP) is 1.46. The van der Waals surface area contributed by atoms with Gasteiger partial charge in [-0.15, -0.1) is 11.8 Å². The lowest BCUT2D eigenvalue weighted by molar-refractivity contribution is 0.0337. The number of aliphatic hydroxyl groups is 2. The number of ether oxygens (including phenoxy) is 1. The van der Waals surface area contributed by atoms with Crippen molar-refractivity contribution >= 4 is 11.8 Å². The Morgan fingerprint density at radius 2 is 2.12 bits per heavy atom. The highest BCUT2D eigenvalue weighted by Gasteiger charge is 2.34. The summed E-state index contributed by atoms with van der Waals surface area (Å²) in [6, 6.07) is 8.25. The van der Waals surface area contributed by atoms with Crippen LogP contribution in [0.4, 0.5) is 0 Å². The van der Waals surface area contributed by atoms with Crippen molar-refractivity contribution in [1.29, 1.82) is 0 Å². The summed E-state index contributed by atoms with van der Waals surface area (Å²) in [5.74, 6) is 0.676. The van der Waals surface area contributed by atoms with E-state index in [1.807, 2.05) is 12.1 Å². The van der Waals surface area contributed by atoms with Crippen LogP contribution in [0.2, 0.25) is 0 Å². The second-order valence-electron chi connectivity index (χ2n) is 4.20. The zero-order chi connectivity index (χ0) is 12.3. The Bertz CT molecular complexity index is 369. The molecule has 3 unspecified atom stereocenters. The summed E-state index contributed by atoms with van der Waals surface area (Å²) in [5, 5.41) is 19.1. The van der Waals surface area contributed by atoms with Crippen LogP contribution in [0.25, 0.3) is 0 Å². The molecule has 1 aromatic rings. The molecule has 0 aromatic heterocycles. The summed E-state index contributed by atoms with van der Waals surface area (Å²) < 4.78 is 5.35. The summed E-state index contributed by atoms with van der Waals surface area (Å²) in [5.41, 5.74) is 1.31. The molecule has 2 rings (SSSR count). The predicted molar refractivity (Wildman–Crippen MR) is 68.3 cm³/mol. The molecule has 0 amide bonds. The Kier molecular flexibility index (Phi) is 4.45. The first-order valence-corrected chi connectivity index (χ1v) is 6.89. The second kappa shape index (κ2) is 5.87. The van der Waals surface area contributed by atoms with E-state index in [0.717, 1.165) is 6.42 Å². The topological polar surface area (TPSA) is 49.7 Å². The minimum atomic E-state index is -0.753. The van der Waals surface area contributed by atoms with Crippen LogP contribution < -0.4 is 0 Å². The molecule has 0 bridgehead atoms. The monoisotopic (exact) mass is 254 g/mol. The van der Waals surface area contributed by atoms with Crippen molar-refractivity contribution in [2.24, 2.45) is 0 Å². The smallest absolute Gasteiger partial charge is 0.109 e. The first kappa shape index (κ1) is 12.9. The van der Waals surface area contributed by atoms with Gasteiger partial charge in [-0.1, -0.05) is 25.1 Å². The third-order valence-electron chi connectivity index (χ3n) is 3.01. The maximum atomic E-state index is 9.67. The molecule has 0 spiro atoms. The molecule has 2 N–H and O–H groups in total. The van der Waals surface area contributed by atoms with Gasteiger partial charge in [-0.2, -0.15) is 0 Å². The summed E-state index contributed by atoms with van der Waals surface area (Å²) in [6.45, 7) is 2.37. The first-order valence-electron chi connectivity index (χ1n) is 5.90. The van der Waals surface area contributed by atoms with Crippen LogP contribution >= 0.6 is 11.8 Å². The molecule has 0 radical (unpaired) electrons. The van der Waals surface area contributed by atoms with Gasteiger partial charge < -0.3 is 14.9 Å². The van der Waals surface area contributed by atoms with E-state index in [4.69, 9.17) is 4.74 Å². The van der Waals surface area contributed by atoms with Crippen LogP contribution in [0.5, 0.6) is 0 Å². The maximum Gasteiger partial charge on any atom is 0.109 e. The second-order valence-corrected chi connectivity index (χ2v) is 5.26. The minimum absolute atomic E-state index is 0.238. The summed E-state index contributed by atoms with van der Waals surface area (Å²) in [7, 11) is 0. The van der Waals surface area contributed by atoms with Crippen molar-refractivity contribution < 1.29 is 14.9 Å². The van der Waals surface area contributed by atoms with Crippen molar-refractivity contribution in [2.45, 2.75) is 36.6 Å². The number of aryl methyl sites for hydroxylation is 1. The summed E-state index contributed by atoms with van der Waals surface area (Å²) >= 11 is 1.68. The lowest BCUT2D eigenvalue weighted by Gasteiger charge is -2.15. The normalized spacial score (nSPS) is 28.5. The third kappa shape index (κ3) is 3.01. The molecule has 1 fully saturated rings. The number of thioether (sulfide) groups is 1. The van der Waals surface area contributed by atoms with Crippen LogP contribution in [-0.4, -0.2) is 40.9 Å². The Hall–Kier alpha value is -0.550. The molecule has 1 aromatic carbocycles. The molecule has 17 heavy (non-hydrogen) atoms. The van der Waals surface area contributed by atoms with Crippen LogP contribution in [0, 0.1) is 0 Å². The highest BCUT2D eigenvalue weighted by Crippen LogP contribution is 2.27. The van der Waals surface area contributed by atoms with Gasteiger partial charge in [0.25, 0.3) is 0 Å². The average molecular weight is 254 g/mol. The quantitative estimate of drug-likeness (QED) is 0.799. The van der Waals surface area contributed by atoms with E-state index in [1.54, 1.807) is 11.8 Å².